The Kier molecular flexibility index (Phi) is 1.97. The molecule has 16 heavy (non-hydrogen) atoms. The Morgan fingerprint density at radius 1 is 1.31 bits per heavy atom. The fourth-order valence-electron chi connectivity index (χ4n) is 1.61. The van der Waals surface area contributed by atoms with E-state index < -0.39 is 0 Å². The summed E-state index contributed by atoms with van der Waals surface area (Å²) in [7, 11) is 1.84. The van der Waals surface area contributed by atoms with E-state index in [-0.39, 0.29) is 0 Å². The smallest absolute Gasteiger partial charge is 0.199 e. The third kappa shape index (κ3) is 1.30. The van der Waals surface area contributed by atoms with E-state index in [2.05, 4.69) is 20.3 Å². The van der Waals surface area contributed by atoms with Crippen molar-refractivity contribution < 1.29 is 0 Å². The van der Waals surface area contributed by atoms with Crippen LogP contribution in [0.1, 0.15) is 5.69 Å². The number of fused-ring (bicyclic) bond motifs is 1. The Balaban J connectivity index is 2.27. The zero-order valence-electron chi connectivity index (χ0n) is 8.88. The molecule has 6 heteroatoms. The molecule has 0 fully saturated rings. The quantitative estimate of drug-likeness (QED) is 0.640. The maximum atomic E-state index is 4.49. The number of hydrogen-bond donors (Lipinski definition) is 0. The molecule has 5 nitrogen and oxygen atoms in total. The zero-order valence-corrected chi connectivity index (χ0v) is 9.69. The molecule has 3 aromatic heterocycles. The van der Waals surface area contributed by atoms with Gasteiger partial charge in [-0.25, -0.2) is 9.67 Å². The van der Waals surface area contributed by atoms with Crippen molar-refractivity contribution in [3.63, 3.8) is 0 Å². The molecule has 0 aliphatic carbocycles. The number of aromatic nitrogens is 5. The van der Waals surface area contributed by atoms with Gasteiger partial charge >= 0.3 is 0 Å². The Hall–Kier alpha value is -1.82. The van der Waals surface area contributed by atoms with Gasteiger partial charge < -0.3 is 0 Å². The van der Waals surface area contributed by atoms with Crippen LogP contribution in [0, 0.1) is 6.92 Å². The molecular formula is C10H9N5S. The highest BCUT2D eigenvalue weighted by atomic mass is 32.1. The molecule has 80 valence electrons. The molecule has 0 unspecified atom stereocenters. The molecule has 0 aliphatic rings. The molecule has 3 aromatic rings. The average molecular weight is 231 g/mol. The predicted molar refractivity (Wildman–Crippen MR) is 62.1 cm³/mol. The van der Waals surface area contributed by atoms with E-state index in [4.69, 9.17) is 0 Å². The number of thiophene rings is 1. The summed E-state index contributed by atoms with van der Waals surface area (Å²) in [5.74, 6) is 0.665. The van der Waals surface area contributed by atoms with Crippen LogP contribution in [-0.4, -0.2) is 25.0 Å². The van der Waals surface area contributed by atoms with Crippen molar-refractivity contribution >= 4 is 22.5 Å². The summed E-state index contributed by atoms with van der Waals surface area (Å²) in [6.45, 7) is 1.93. The molecule has 0 aromatic carbocycles. The molecular weight excluding hydrogens is 222 g/mol. The van der Waals surface area contributed by atoms with Crippen LogP contribution in [-0.2, 0) is 7.05 Å². The second-order valence-corrected chi connectivity index (χ2v) is 4.44. The van der Waals surface area contributed by atoms with Gasteiger partial charge in [0.15, 0.2) is 11.5 Å². The molecule has 3 rings (SSSR count). The van der Waals surface area contributed by atoms with Crippen LogP contribution in [0.5, 0.6) is 0 Å². The van der Waals surface area contributed by atoms with Crippen molar-refractivity contribution in [3.8, 4) is 10.7 Å². The number of nitrogens with zero attached hydrogens (tertiary/aromatic N) is 5. The van der Waals surface area contributed by atoms with E-state index in [1.54, 1.807) is 16.0 Å². The van der Waals surface area contributed by atoms with E-state index in [1.807, 2.05) is 31.5 Å². The molecule has 0 amide bonds. The monoisotopic (exact) mass is 231 g/mol. The first kappa shape index (κ1) is 9.41. The van der Waals surface area contributed by atoms with Crippen molar-refractivity contribution in [1.82, 2.24) is 25.0 Å². The Bertz CT molecular complexity index is 641. The molecule has 3 heterocycles. The van der Waals surface area contributed by atoms with Gasteiger partial charge in [0.25, 0.3) is 0 Å². The first-order valence-corrected chi connectivity index (χ1v) is 5.71. The molecule has 0 N–H and O–H groups in total. The maximum absolute atomic E-state index is 4.49. The molecule has 0 radical (unpaired) electrons. The lowest BCUT2D eigenvalue weighted by molar-refractivity contribution is 0.766. The highest BCUT2D eigenvalue weighted by molar-refractivity contribution is 7.13. The summed E-state index contributed by atoms with van der Waals surface area (Å²) in [6.07, 6.45) is 0. The Morgan fingerprint density at radius 2 is 2.19 bits per heavy atom. The van der Waals surface area contributed by atoms with E-state index in [9.17, 15) is 0 Å². The number of aryl methyl sites for hydroxylation is 2. The van der Waals surface area contributed by atoms with Crippen LogP contribution in [0.15, 0.2) is 17.5 Å². The molecule has 0 saturated heterocycles. The van der Waals surface area contributed by atoms with E-state index >= 15 is 0 Å². The van der Waals surface area contributed by atoms with Crippen LogP contribution < -0.4 is 0 Å². The first-order chi connectivity index (χ1) is 7.75. The summed E-state index contributed by atoms with van der Waals surface area (Å²) < 4.78 is 1.70. The summed E-state index contributed by atoms with van der Waals surface area (Å²) in [4.78, 5) is 5.52. The molecule has 0 spiro atoms. The summed E-state index contributed by atoms with van der Waals surface area (Å²) in [5, 5.41) is 14.5. The van der Waals surface area contributed by atoms with Crippen molar-refractivity contribution in [2.24, 2.45) is 7.05 Å². The number of hydrogen-bond acceptors (Lipinski definition) is 5. The zero-order chi connectivity index (χ0) is 11.1. The first-order valence-electron chi connectivity index (χ1n) is 4.83. The summed E-state index contributed by atoms with van der Waals surface area (Å²) >= 11 is 1.61. The minimum atomic E-state index is 0.665. The number of rotatable bonds is 1. The van der Waals surface area contributed by atoms with E-state index in [0.717, 1.165) is 21.7 Å². The van der Waals surface area contributed by atoms with Crippen molar-refractivity contribution in [3.05, 3.63) is 23.2 Å². The lowest BCUT2D eigenvalue weighted by Gasteiger charge is -1.95. The topological polar surface area (TPSA) is 56.5 Å². The normalized spacial score (nSPS) is 11.1. The molecule has 0 bridgehead atoms. The lowest BCUT2D eigenvalue weighted by atomic mass is 10.4. The van der Waals surface area contributed by atoms with Gasteiger partial charge in [0, 0.05) is 7.05 Å². The molecule has 0 saturated carbocycles. The Labute approximate surface area is 95.8 Å². The maximum Gasteiger partial charge on any atom is 0.199 e. The van der Waals surface area contributed by atoms with Crippen LogP contribution in [0.2, 0.25) is 0 Å². The summed E-state index contributed by atoms with van der Waals surface area (Å²) in [6, 6.07) is 3.96. The van der Waals surface area contributed by atoms with Gasteiger partial charge in [-0.1, -0.05) is 6.07 Å². The van der Waals surface area contributed by atoms with Crippen LogP contribution in [0.3, 0.4) is 0 Å². The van der Waals surface area contributed by atoms with Crippen molar-refractivity contribution in [1.29, 1.82) is 0 Å². The highest BCUT2D eigenvalue weighted by Gasteiger charge is 2.11. The lowest BCUT2D eigenvalue weighted by Crippen LogP contribution is -1.96. The minimum absolute atomic E-state index is 0.665. The minimum Gasteiger partial charge on any atom is -0.247 e. The predicted octanol–water partition coefficient (Wildman–Crippen LogP) is 1.80. The third-order valence-electron chi connectivity index (χ3n) is 2.36. The van der Waals surface area contributed by atoms with Gasteiger partial charge in [-0.3, -0.25) is 0 Å². The van der Waals surface area contributed by atoms with Gasteiger partial charge in [0.05, 0.1) is 10.6 Å². The second-order valence-electron chi connectivity index (χ2n) is 3.49. The van der Waals surface area contributed by atoms with Crippen LogP contribution >= 0.6 is 11.3 Å². The third-order valence-corrected chi connectivity index (χ3v) is 3.23. The van der Waals surface area contributed by atoms with E-state index in [0.29, 0.717) is 5.82 Å². The van der Waals surface area contributed by atoms with Crippen molar-refractivity contribution in [2.75, 3.05) is 0 Å². The van der Waals surface area contributed by atoms with Crippen LogP contribution in [0.25, 0.3) is 21.9 Å². The SMILES string of the molecule is Cc1nn(C)c2nnc(-c3cccs3)nc12. The van der Waals surface area contributed by atoms with Crippen LogP contribution in [0.4, 0.5) is 0 Å². The largest absolute Gasteiger partial charge is 0.247 e. The molecule has 0 atom stereocenters. The standard InChI is InChI=1S/C10H9N5S/c1-6-8-10(15(2)14-6)13-12-9(11-8)7-4-3-5-16-7/h3-5H,1-2H3. The summed E-state index contributed by atoms with van der Waals surface area (Å²) in [5.41, 5.74) is 2.42. The van der Waals surface area contributed by atoms with Crippen molar-refractivity contribution in [2.45, 2.75) is 6.92 Å². The van der Waals surface area contributed by atoms with Gasteiger partial charge in [-0.15, -0.1) is 21.5 Å². The average Bonchev–Trinajstić information content (AvgIpc) is 2.88. The highest BCUT2D eigenvalue weighted by Crippen LogP contribution is 2.22. The van der Waals surface area contributed by atoms with Gasteiger partial charge in [0.1, 0.15) is 5.52 Å². The second kappa shape index (κ2) is 3.34. The molecule has 0 aliphatic heterocycles. The van der Waals surface area contributed by atoms with E-state index in [1.165, 1.54) is 0 Å². The van der Waals surface area contributed by atoms with Gasteiger partial charge in [-0.05, 0) is 18.4 Å². The Morgan fingerprint density at radius 3 is 2.94 bits per heavy atom. The van der Waals surface area contributed by atoms with Gasteiger partial charge in [-0.2, -0.15) is 5.10 Å². The van der Waals surface area contributed by atoms with Gasteiger partial charge in [0.2, 0.25) is 0 Å². The fourth-order valence-corrected chi connectivity index (χ4v) is 2.26. The fraction of sp³-hybridized carbons (Fsp3) is 0.200.